The van der Waals surface area contributed by atoms with E-state index < -0.39 is 5.60 Å². The smallest absolute Gasteiger partial charge is 0.410 e. The van der Waals surface area contributed by atoms with Crippen LogP contribution in [0.5, 0.6) is 0 Å². The fourth-order valence-electron chi connectivity index (χ4n) is 1.99. The molecule has 1 aliphatic heterocycles. The van der Waals surface area contributed by atoms with Gasteiger partial charge in [0.25, 0.3) is 0 Å². The zero-order valence-corrected chi connectivity index (χ0v) is 11.7. The van der Waals surface area contributed by atoms with E-state index in [4.69, 9.17) is 4.74 Å². The molecule has 1 N–H and O–H groups in total. The molecule has 2 aliphatic rings. The molecule has 2 rings (SSSR count). The average Bonchev–Trinajstić information content (AvgIpc) is 3.08. The van der Waals surface area contributed by atoms with Crippen molar-refractivity contribution in [1.82, 2.24) is 10.2 Å². The van der Waals surface area contributed by atoms with Gasteiger partial charge in [0, 0.05) is 25.7 Å². The van der Waals surface area contributed by atoms with Gasteiger partial charge in [-0.05, 0) is 45.6 Å². The van der Waals surface area contributed by atoms with E-state index in [-0.39, 0.29) is 6.09 Å². The minimum Gasteiger partial charge on any atom is -0.444 e. The van der Waals surface area contributed by atoms with Gasteiger partial charge >= 0.3 is 6.09 Å². The predicted molar refractivity (Wildman–Crippen MR) is 71.5 cm³/mol. The fraction of sp³-hybridized carbons (Fsp3) is 0.786. The number of hydrogen-bond acceptors (Lipinski definition) is 3. The van der Waals surface area contributed by atoms with Crippen molar-refractivity contribution in [3.63, 3.8) is 0 Å². The van der Waals surface area contributed by atoms with Gasteiger partial charge in [0.05, 0.1) is 0 Å². The lowest BCUT2D eigenvalue weighted by Gasteiger charge is -2.30. The van der Waals surface area contributed by atoms with Crippen molar-refractivity contribution in [2.75, 3.05) is 19.6 Å². The Kier molecular flexibility index (Phi) is 3.95. The summed E-state index contributed by atoms with van der Waals surface area (Å²) < 4.78 is 5.40. The first kappa shape index (κ1) is 13.4. The molecule has 4 heteroatoms. The van der Waals surface area contributed by atoms with Crippen LogP contribution in [-0.4, -0.2) is 42.3 Å². The lowest BCUT2D eigenvalue weighted by molar-refractivity contribution is 0.0261. The largest absolute Gasteiger partial charge is 0.444 e. The SMILES string of the molecule is CC(C)(C)OC(=O)N1CCC=C(CNC2CC2)C1. The molecule has 0 bridgehead atoms. The highest BCUT2D eigenvalue weighted by Crippen LogP contribution is 2.20. The van der Waals surface area contributed by atoms with Gasteiger partial charge in [-0.15, -0.1) is 0 Å². The van der Waals surface area contributed by atoms with Gasteiger partial charge in [-0.1, -0.05) is 6.08 Å². The number of ether oxygens (including phenoxy) is 1. The van der Waals surface area contributed by atoms with Gasteiger partial charge in [-0.25, -0.2) is 4.79 Å². The van der Waals surface area contributed by atoms with Crippen LogP contribution in [0.25, 0.3) is 0 Å². The van der Waals surface area contributed by atoms with Crippen molar-refractivity contribution in [3.05, 3.63) is 11.6 Å². The number of nitrogens with zero attached hydrogens (tertiary/aromatic N) is 1. The van der Waals surface area contributed by atoms with Crippen LogP contribution in [-0.2, 0) is 4.74 Å². The summed E-state index contributed by atoms with van der Waals surface area (Å²) in [6, 6.07) is 0.711. The fourth-order valence-corrected chi connectivity index (χ4v) is 1.99. The molecule has 1 aliphatic carbocycles. The zero-order valence-electron chi connectivity index (χ0n) is 11.7. The van der Waals surface area contributed by atoms with E-state index in [0.29, 0.717) is 12.6 Å². The normalized spacial score (nSPS) is 20.6. The molecule has 0 saturated heterocycles. The second-order valence-corrected chi connectivity index (χ2v) is 6.21. The van der Waals surface area contributed by atoms with Gasteiger partial charge < -0.3 is 15.0 Å². The molecule has 4 nitrogen and oxygen atoms in total. The highest BCUT2D eigenvalue weighted by Gasteiger charge is 2.25. The molecular weight excluding hydrogens is 228 g/mol. The van der Waals surface area contributed by atoms with Crippen molar-refractivity contribution in [2.24, 2.45) is 0 Å². The Morgan fingerprint density at radius 2 is 2.22 bits per heavy atom. The van der Waals surface area contributed by atoms with Crippen molar-refractivity contribution in [3.8, 4) is 0 Å². The predicted octanol–water partition coefficient (Wildman–Crippen LogP) is 2.31. The van der Waals surface area contributed by atoms with Crippen LogP contribution in [0, 0.1) is 0 Å². The minimum atomic E-state index is -0.412. The quantitative estimate of drug-likeness (QED) is 0.784. The number of hydrogen-bond donors (Lipinski definition) is 1. The summed E-state index contributed by atoms with van der Waals surface area (Å²) in [6.07, 6.45) is 5.57. The van der Waals surface area contributed by atoms with Crippen molar-refractivity contribution in [2.45, 2.75) is 51.7 Å². The van der Waals surface area contributed by atoms with E-state index in [0.717, 1.165) is 19.5 Å². The molecule has 0 aromatic heterocycles. The van der Waals surface area contributed by atoms with Crippen LogP contribution in [0.15, 0.2) is 11.6 Å². The third-order valence-electron chi connectivity index (χ3n) is 3.07. The first-order valence-corrected chi connectivity index (χ1v) is 6.83. The third kappa shape index (κ3) is 4.33. The summed E-state index contributed by atoms with van der Waals surface area (Å²) in [4.78, 5) is 13.8. The molecule has 0 unspecified atom stereocenters. The minimum absolute atomic E-state index is 0.195. The maximum atomic E-state index is 12.0. The van der Waals surface area contributed by atoms with Gasteiger partial charge in [-0.3, -0.25) is 0 Å². The topological polar surface area (TPSA) is 41.6 Å². The van der Waals surface area contributed by atoms with E-state index in [2.05, 4.69) is 11.4 Å². The second-order valence-electron chi connectivity index (χ2n) is 6.21. The van der Waals surface area contributed by atoms with Crippen molar-refractivity contribution >= 4 is 6.09 Å². The standard InChI is InChI=1S/C14H24N2O2/c1-14(2,3)18-13(17)16-8-4-5-11(10-16)9-15-12-6-7-12/h5,12,15H,4,6-10H2,1-3H3. The molecule has 1 fully saturated rings. The van der Waals surface area contributed by atoms with E-state index in [1.54, 1.807) is 4.90 Å². The summed E-state index contributed by atoms with van der Waals surface area (Å²) in [6.45, 7) is 8.08. The van der Waals surface area contributed by atoms with Gasteiger partial charge in [-0.2, -0.15) is 0 Å². The van der Waals surface area contributed by atoms with E-state index >= 15 is 0 Å². The van der Waals surface area contributed by atoms with Crippen LogP contribution < -0.4 is 5.32 Å². The Labute approximate surface area is 109 Å². The third-order valence-corrected chi connectivity index (χ3v) is 3.07. The zero-order chi connectivity index (χ0) is 13.2. The molecule has 1 saturated carbocycles. The Bertz CT molecular complexity index is 340. The lowest BCUT2D eigenvalue weighted by Crippen LogP contribution is -2.41. The highest BCUT2D eigenvalue weighted by molar-refractivity contribution is 5.68. The molecule has 1 amide bonds. The van der Waals surface area contributed by atoms with E-state index in [1.165, 1.54) is 18.4 Å². The molecule has 1 heterocycles. The van der Waals surface area contributed by atoms with Gasteiger partial charge in [0.1, 0.15) is 5.60 Å². The molecule has 0 aromatic carbocycles. The average molecular weight is 252 g/mol. The maximum absolute atomic E-state index is 12.0. The van der Waals surface area contributed by atoms with Crippen LogP contribution in [0.4, 0.5) is 4.79 Å². The summed E-state index contributed by atoms with van der Waals surface area (Å²) in [5, 5.41) is 3.49. The Balaban J connectivity index is 1.80. The first-order valence-electron chi connectivity index (χ1n) is 6.83. The van der Waals surface area contributed by atoms with Gasteiger partial charge in [0.15, 0.2) is 0 Å². The lowest BCUT2D eigenvalue weighted by atomic mass is 10.1. The number of rotatable bonds is 3. The van der Waals surface area contributed by atoms with Crippen LogP contribution in [0.2, 0.25) is 0 Å². The molecule has 0 atom stereocenters. The highest BCUT2D eigenvalue weighted by atomic mass is 16.6. The Morgan fingerprint density at radius 3 is 2.83 bits per heavy atom. The van der Waals surface area contributed by atoms with Gasteiger partial charge in [0.2, 0.25) is 0 Å². The monoisotopic (exact) mass is 252 g/mol. The molecule has 0 aromatic rings. The van der Waals surface area contributed by atoms with Crippen LogP contribution in [0.1, 0.15) is 40.0 Å². The number of carbonyl (C=O) groups excluding carboxylic acids is 1. The van der Waals surface area contributed by atoms with Crippen LogP contribution >= 0.6 is 0 Å². The summed E-state index contributed by atoms with van der Waals surface area (Å²) in [5.74, 6) is 0. The summed E-state index contributed by atoms with van der Waals surface area (Å²) in [5.41, 5.74) is 0.893. The Hall–Kier alpha value is -1.03. The van der Waals surface area contributed by atoms with E-state index in [1.807, 2.05) is 20.8 Å². The number of amides is 1. The molecule has 102 valence electrons. The Morgan fingerprint density at radius 1 is 1.50 bits per heavy atom. The molecule has 0 radical (unpaired) electrons. The summed E-state index contributed by atoms with van der Waals surface area (Å²) >= 11 is 0. The maximum Gasteiger partial charge on any atom is 0.410 e. The molecular formula is C14H24N2O2. The van der Waals surface area contributed by atoms with Crippen molar-refractivity contribution in [1.29, 1.82) is 0 Å². The van der Waals surface area contributed by atoms with E-state index in [9.17, 15) is 4.79 Å². The molecule has 18 heavy (non-hydrogen) atoms. The second kappa shape index (κ2) is 5.31. The molecule has 0 spiro atoms. The first-order chi connectivity index (χ1) is 8.44. The number of carbonyl (C=O) groups is 1. The summed E-state index contributed by atoms with van der Waals surface area (Å²) in [7, 11) is 0. The van der Waals surface area contributed by atoms with Crippen molar-refractivity contribution < 1.29 is 9.53 Å². The number of nitrogens with one attached hydrogen (secondary N) is 1. The van der Waals surface area contributed by atoms with Crippen LogP contribution in [0.3, 0.4) is 0 Å².